The summed E-state index contributed by atoms with van der Waals surface area (Å²) >= 11 is 6.82. The first kappa shape index (κ1) is 23.3. The first-order valence-corrected chi connectivity index (χ1v) is 12.3. The number of pyridine rings is 1. The van der Waals surface area contributed by atoms with E-state index in [9.17, 15) is 4.79 Å². The standard InChI is InChI=1S/C24H29N5O2S2/c1-29(2)20-14-21(27-18-7-5-4-6-17(18)20)25-15-8-10-16(11-9-15)26-24(32)28-19-12-13-33-22(19)23(30)31-3/h4-7,12-16H,8-11H2,1-3H3,(H,25,27)(H2,26,28,32)/t15-,16+. The molecule has 1 aliphatic carbocycles. The van der Waals surface area contributed by atoms with Gasteiger partial charge in [0.15, 0.2) is 5.11 Å². The molecule has 9 heteroatoms. The van der Waals surface area contributed by atoms with Crippen LogP contribution in [0.3, 0.4) is 0 Å². The van der Waals surface area contributed by atoms with Crippen LogP contribution in [-0.4, -0.2) is 49.4 Å². The minimum Gasteiger partial charge on any atom is -0.465 e. The molecule has 0 unspecified atom stereocenters. The number of benzene rings is 1. The number of nitrogens with zero attached hydrogens (tertiary/aromatic N) is 2. The van der Waals surface area contributed by atoms with E-state index in [-0.39, 0.29) is 5.97 Å². The summed E-state index contributed by atoms with van der Waals surface area (Å²) in [5, 5.41) is 13.7. The van der Waals surface area contributed by atoms with Gasteiger partial charge in [-0.1, -0.05) is 18.2 Å². The summed E-state index contributed by atoms with van der Waals surface area (Å²) in [5.41, 5.74) is 2.84. The predicted octanol–water partition coefficient (Wildman–Crippen LogP) is 4.86. The lowest BCUT2D eigenvalue weighted by Gasteiger charge is -2.31. The van der Waals surface area contributed by atoms with E-state index in [1.165, 1.54) is 18.4 Å². The van der Waals surface area contributed by atoms with Crippen LogP contribution < -0.4 is 20.9 Å². The van der Waals surface area contributed by atoms with Crippen molar-refractivity contribution in [3.63, 3.8) is 0 Å². The minimum atomic E-state index is -0.360. The van der Waals surface area contributed by atoms with E-state index in [0.29, 0.717) is 27.8 Å². The molecule has 0 atom stereocenters. The van der Waals surface area contributed by atoms with Gasteiger partial charge in [-0.2, -0.15) is 0 Å². The molecule has 0 aliphatic heterocycles. The second kappa shape index (κ2) is 10.4. The molecule has 3 N–H and O–H groups in total. The molecule has 1 aromatic carbocycles. The molecule has 1 aliphatic rings. The van der Waals surface area contributed by atoms with Crippen molar-refractivity contribution in [3.8, 4) is 0 Å². The van der Waals surface area contributed by atoms with Gasteiger partial charge < -0.3 is 25.6 Å². The van der Waals surface area contributed by atoms with Crippen LogP contribution in [0.15, 0.2) is 41.8 Å². The quantitative estimate of drug-likeness (QED) is 0.339. The first-order chi connectivity index (χ1) is 15.9. The number of esters is 1. The SMILES string of the molecule is COC(=O)c1sccc1NC(=S)N[C@H]1CC[C@@H](Nc2cc(N(C)C)c3ccccc3n2)CC1. The number of fused-ring (bicyclic) bond motifs is 1. The number of carbonyl (C=O) groups is 1. The third-order valence-corrected chi connectivity index (χ3v) is 6.99. The Bertz CT molecular complexity index is 1140. The number of carbonyl (C=O) groups excluding carboxylic acids is 1. The second-order valence-electron chi connectivity index (χ2n) is 8.38. The monoisotopic (exact) mass is 483 g/mol. The highest BCUT2D eigenvalue weighted by atomic mass is 32.1. The molecule has 3 aromatic rings. The smallest absolute Gasteiger partial charge is 0.350 e. The number of para-hydroxylation sites is 1. The summed E-state index contributed by atoms with van der Waals surface area (Å²) in [7, 11) is 5.50. The van der Waals surface area contributed by atoms with Crippen LogP contribution in [0.5, 0.6) is 0 Å². The van der Waals surface area contributed by atoms with Gasteiger partial charge in [0, 0.05) is 43.3 Å². The van der Waals surface area contributed by atoms with Crippen molar-refractivity contribution in [3.05, 3.63) is 46.7 Å². The van der Waals surface area contributed by atoms with E-state index in [4.69, 9.17) is 21.9 Å². The van der Waals surface area contributed by atoms with Crippen LogP contribution in [-0.2, 0) is 4.74 Å². The average Bonchev–Trinajstić information content (AvgIpc) is 3.27. The zero-order valence-electron chi connectivity index (χ0n) is 19.1. The summed E-state index contributed by atoms with van der Waals surface area (Å²) in [5.74, 6) is 0.556. The summed E-state index contributed by atoms with van der Waals surface area (Å²) < 4.78 is 4.82. The highest BCUT2D eigenvalue weighted by Gasteiger charge is 2.23. The van der Waals surface area contributed by atoms with Crippen molar-refractivity contribution in [2.75, 3.05) is 36.7 Å². The Morgan fingerprint density at radius 1 is 1.15 bits per heavy atom. The largest absolute Gasteiger partial charge is 0.465 e. The van der Waals surface area contributed by atoms with Crippen LogP contribution in [0.25, 0.3) is 10.9 Å². The van der Waals surface area contributed by atoms with Crippen LogP contribution in [0.1, 0.15) is 35.4 Å². The maximum absolute atomic E-state index is 11.9. The van der Waals surface area contributed by atoms with Gasteiger partial charge in [0.1, 0.15) is 10.7 Å². The van der Waals surface area contributed by atoms with E-state index in [0.717, 1.165) is 48.1 Å². The number of methoxy groups -OCH3 is 1. The number of hydrogen-bond donors (Lipinski definition) is 3. The first-order valence-electron chi connectivity index (χ1n) is 11.0. The van der Waals surface area contributed by atoms with Crippen molar-refractivity contribution in [2.24, 2.45) is 0 Å². The van der Waals surface area contributed by atoms with E-state index in [2.05, 4.69) is 53.1 Å². The number of aromatic nitrogens is 1. The fraction of sp³-hybridized carbons (Fsp3) is 0.375. The topological polar surface area (TPSA) is 78.5 Å². The summed E-state index contributed by atoms with van der Waals surface area (Å²) in [4.78, 5) is 19.3. The van der Waals surface area contributed by atoms with Crippen LogP contribution in [0, 0.1) is 0 Å². The molecule has 7 nitrogen and oxygen atoms in total. The molecule has 174 valence electrons. The van der Waals surface area contributed by atoms with Gasteiger partial charge in [0.05, 0.1) is 18.3 Å². The number of rotatable bonds is 6. The molecule has 2 heterocycles. The zero-order valence-corrected chi connectivity index (χ0v) is 20.7. The lowest BCUT2D eigenvalue weighted by molar-refractivity contribution is 0.0607. The molecule has 0 spiro atoms. The Morgan fingerprint density at radius 3 is 2.61 bits per heavy atom. The van der Waals surface area contributed by atoms with Crippen molar-refractivity contribution >= 4 is 62.7 Å². The molecule has 2 aromatic heterocycles. The molecule has 33 heavy (non-hydrogen) atoms. The zero-order chi connectivity index (χ0) is 23.4. The van der Waals surface area contributed by atoms with Gasteiger partial charge in [-0.25, -0.2) is 9.78 Å². The Balaban J connectivity index is 1.32. The summed E-state index contributed by atoms with van der Waals surface area (Å²) in [6.07, 6.45) is 4.05. The molecule has 0 bridgehead atoms. The van der Waals surface area contributed by atoms with Gasteiger partial charge in [-0.15, -0.1) is 11.3 Å². The lowest BCUT2D eigenvalue weighted by atomic mass is 9.91. The molecule has 0 radical (unpaired) electrons. The van der Waals surface area contributed by atoms with Gasteiger partial charge in [0.2, 0.25) is 0 Å². The fourth-order valence-electron chi connectivity index (χ4n) is 4.19. The molecular formula is C24H29N5O2S2. The highest BCUT2D eigenvalue weighted by Crippen LogP contribution is 2.29. The fourth-order valence-corrected chi connectivity index (χ4v) is 5.24. The van der Waals surface area contributed by atoms with Crippen LogP contribution >= 0.6 is 23.6 Å². The predicted molar refractivity (Wildman–Crippen MR) is 141 cm³/mol. The second-order valence-corrected chi connectivity index (χ2v) is 9.71. The van der Waals surface area contributed by atoms with E-state index < -0.39 is 0 Å². The summed E-state index contributed by atoms with van der Waals surface area (Å²) in [6.45, 7) is 0. The van der Waals surface area contributed by atoms with Crippen LogP contribution in [0.4, 0.5) is 17.2 Å². The van der Waals surface area contributed by atoms with E-state index in [1.54, 1.807) is 0 Å². The third-order valence-electron chi connectivity index (χ3n) is 5.87. The van der Waals surface area contributed by atoms with Gasteiger partial charge in [-0.3, -0.25) is 0 Å². The molecule has 0 amide bonds. The normalized spacial score (nSPS) is 17.9. The number of anilines is 3. The maximum Gasteiger partial charge on any atom is 0.350 e. The molecular weight excluding hydrogens is 454 g/mol. The number of thiophene rings is 1. The van der Waals surface area contributed by atoms with Crippen molar-refractivity contribution in [1.29, 1.82) is 0 Å². The Morgan fingerprint density at radius 2 is 1.88 bits per heavy atom. The van der Waals surface area contributed by atoms with Crippen molar-refractivity contribution in [2.45, 2.75) is 37.8 Å². The third kappa shape index (κ3) is 5.54. The molecule has 4 rings (SSSR count). The number of nitrogens with one attached hydrogen (secondary N) is 3. The van der Waals surface area contributed by atoms with E-state index >= 15 is 0 Å². The maximum atomic E-state index is 11.9. The van der Waals surface area contributed by atoms with Crippen molar-refractivity contribution < 1.29 is 9.53 Å². The van der Waals surface area contributed by atoms with E-state index in [1.807, 2.05) is 23.6 Å². The molecule has 1 saturated carbocycles. The van der Waals surface area contributed by atoms with Crippen molar-refractivity contribution in [1.82, 2.24) is 10.3 Å². The van der Waals surface area contributed by atoms with Gasteiger partial charge in [0.25, 0.3) is 0 Å². The van der Waals surface area contributed by atoms with Gasteiger partial charge in [-0.05, 0) is 55.4 Å². The summed E-state index contributed by atoms with van der Waals surface area (Å²) in [6, 6.07) is 12.9. The Hall–Kier alpha value is -2.91. The van der Waals surface area contributed by atoms with Crippen LogP contribution in [0.2, 0.25) is 0 Å². The van der Waals surface area contributed by atoms with Gasteiger partial charge >= 0.3 is 5.97 Å². The Labute approximate surface area is 203 Å². The number of ether oxygens (including phenoxy) is 1. The molecule has 0 saturated heterocycles. The molecule has 1 fully saturated rings. The number of hydrogen-bond acceptors (Lipinski definition) is 7. The lowest BCUT2D eigenvalue weighted by Crippen LogP contribution is -2.42. The average molecular weight is 484 g/mol. The Kier molecular flexibility index (Phi) is 7.29. The minimum absolute atomic E-state index is 0.296. The number of thiocarbonyl (C=S) groups is 1. The highest BCUT2D eigenvalue weighted by molar-refractivity contribution is 7.80.